The molecule has 3 heterocycles. The second-order valence-corrected chi connectivity index (χ2v) is 8.66. The summed E-state index contributed by atoms with van der Waals surface area (Å²) in [6, 6.07) is 15.9. The number of benzene rings is 2. The van der Waals surface area contributed by atoms with Crippen molar-refractivity contribution >= 4 is 22.8 Å². The third-order valence-corrected chi connectivity index (χ3v) is 6.33. The summed E-state index contributed by atoms with van der Waals surface area (Å²) in [5.41, 5.74) is 3.78. The van der Waals surface area contributed by atoms with Crippen molar-refractivity contribution in [2.24, 2.45) is 5.92 Å². The fraction of sp³-hybridized carbons (Fsp3) is 0.308. The highest BCUT2D eigenvalue weighted by Crippen LogP contribution is 2.28. The summed E-state index contributed by atoms with van der Waals surface area (Å²) in [4.78, 5) is 24.1. The van der Waals surface area contributed by atoms with Gasteiger partial charge in [0, 0.05) is 31.4 Å². The van der Waals surface area contributed by atoms with E-state index in [-0.39, 0.29) is 11.8 Å². The molecule has 8 heteroatoms. The highest BCUT2D eigenvalue weighted by Gasteiger charge is 2.28. The van der Waals surface area contributed by atoms with Crippen molar-refractivity contribution in [1.29, 1.82) is 0 Å². The highest BCUT2D eigenvalue weighted by molar-refractivity contribution is 5.87. The zero-order valence-electron chi connectivity index (χ0n) is 19.4. The van der Waals surface area contributed by atoms with Crippen molar-refractivity contribution in [1.82, 2.24) is 25.1 Å². The number of fused-ring (bicyclic) bond motifs is 1. The first kappa shape index (κ1) is 21.9. The number of anilines is 1. The Balaban J connectivity index is 1.32. The average molecular weight is 457 g/mol. The van der Waals surface area contributed by atoms with E-state index in [2.05, 4.69) is 44.3 Å². The van der Waals surface area contributed by atoms with Crippen LogP contribution in [0.5, 0.6) is 5.75 Å². The summed E-state index contributed by atoms with van der Waals surface area (Å²) in [6.07, 6.45) is 5.30. The van der Waals surface area contributed by atoms with E-state index in [0.717, 1.165) is 47.6 Å². The van der Waals surface area contributed by atoms with E-state index in [0.29, 0.717) is 18.7 Å². The smallest absolute Gasteiger partial charge is 0.225 e. The number of carbonyl (C=O) groups excluding carboxylic acids is 1. The molecule has 34 heavy (non-hydrogen) atoms. The Bertz CT molecular complexity index is 1300. The zero-order valence-corrected chi connectivity index (χ0v) is 19.4. The second-order valence-electron chi connectivity index (χ2n) is 8.66. The minimum absolute atomic E-state index is 0.0521. The van der Waals surface area contributed by atoms with E-state index >= 15 is 0 Å². The van der Waals surface area contributed by atoms with Crippen LogP contribution in [-0.2, 0) is 11.3 Å². The van der Waals surface area contributed by atoms with Crippen LogP contribution in [0.15, 0.2) is 61.1 Å². The number of carbonyl (C=O) groups is 1. The molecule has 0 unspecified atom stereocenters. The summed E-state index contributed by atoms with van der Waals surface area (Å²) < 4.78 is 7.23. The molecule has 2 aromatic carbocycles. The van der Waals surface area contributed by atoms with Crippen LogP contribution in [0.25, 0.3) is 16.7 Å². The molecular weight excluding hydrogens is 428 g/mol. The highest BCUT2D eigenvalue weighted by atomic mass is 16.5. The maximum atomic E-state index is 13.0. The molecule has 1 amide bonds. The second kappa shape index (κ2) is 9.51. The van der Waals surface area contributed by atoms with Gasteiger partial charge in [-0.2, -0.15) is 0 Å². The summed E-state index contributed by atoms with van der Waals surface area (Å²) in [7, 11) is 1.64. The van der Waals surface area contributed by atoms with Gasteiger partial charge in [0.1, 0.15) is 17.9 Å². The molecule has 1 N–H and O–H groups in total. The minimum atomic E-state index is -0.111. The lowest BCUT2D eigenvalue weighted by Gasteiger charge is -2.33. The summed E-state index contributed by atoms with van der Waals surface area (Å²) in [5.74, 6) is 1.55. The van der Waals surface area contributed by atoms with Crippen molar-refractivity contribution in [2.45, 2.75) is 26.3 Å². The van der Waals surface area contributed by atoms with Crippen LogP contribution >= 0.6 is 0 Å². The lowest BCUT2D eigenvalue weighted by atomic mass is 9.97. The minimum Gasteiger partial charge on any atom is -0.496 e. The summed E-state index contributed by atoms with van der Waals surface area (Å²) >= 11 is 0. The van der Waals surface area contributed by atoms with E-state index in [1.54, 1.807) is 13.4 Å². The first-order valence-electron chi connectivity index (χ1n) is 11.5. The topological polar surface area (TPSA) is 85.2 Å². The molecule has 0 bridgehead atoms. The van der Waals surface area contributed by atoms with E-state index in [1.165, 1.54) is 5.56 Å². The average Bonchev–Trinajstić information content (AvgIpc) is 3.32. The number of nitrogens with zero attached hydrogens (tertiary/aromatic N) is 5. The number of piperidine rings is 1. The molecule has 1 fully saturated rings. The number of ether oxygens (including phenoxy) is 1. The quantitative estimate of drug-likeness (QED) is 0.477. The summed E-state index contributed by atoms with van der Waals surface area (Å²) in [5, 5.41) is 8.62. The van der Waals surface area contributed by atoms with E-state index in [4.69, 9.17) is 4.74 Å². The third kappa shape index (κ3) is 4.44. The Morgan fingerprint density at radius 1 is 1.15 bits per heavy atom. The Hall–Kier alpha value is -3.94. The summed E-state index contributed by atoms with van der Waals surface area (Å²) in [6.45, 7) is 3.96. The lowest BCUT2D eigenvalue weighted by Crippen LogP contribution is -2.43. The molecule has 4 aromatic rings. The zero-order chi connectivity index (χ0) is 23.5. The van der Waals surface area contributed by atoms with Crippen LogP contribution in [0.4, 0.5) is 5.82 Å². The Kier molecular flexibility index (Phi) is 6.12. The van der Waals surface area contributed by atoms with Gasteiger partial charge in [-0.15, -0.1) is 5.10 Å². The molecule has 1 aliphatic rings. The number of methoxy groups -OCH3 is 1. The number of nitrogens with one attached hydrogen (secondary N) is 1. The van der Waals surface area contributed by atoms with Gasteiger partial charge in [0.05, 0.1) is 24.1 Å². The molecule has 0 saturated carbocycles. The Morgan fingerprint density at radius 3 is 2.79 bits per heavy atom. The van der Waals surface area contributed by atoms with Gasteiger partial charge in [0.15, 0.2) is 5.65 Å². The SMILES string of the molecule is COc1ccccc1CNC(=O)[C@@H]1CCCN(c2ncnc3nn(-c4ccc(C)cc4)cc23)C1. The van der Waals surface area contributed by atoms with Crippen molar-refractivity contribution in [3.05, 3.63) is 72.2 Å². The van der Waals surface area contributed by atoms with Crippen molar-refractivity contribution in [3.63, 3.8) is 0 Å². The number of amides is 1. The van der Waals surface area contributed by atoms with Crippen molar-refractivity contribution in [3.8, 4) is 11.4 Å². The first-order valence-corrected chi connectivity index (χ1v) is 11.5. The van der Waals surface area contributed by atoms with E-state index in [1.807, 2.05) is 47.3 Å². The normalized spacial score (nSPS) is 15.9. The number of hydrogen-bond acceptors (Lipinski definition) is 6. The van der Waals surface area contributed by atoms with Crippen molar-refractivity contribution < 1.29 is 9.53 Å². The predicted molar refractivity (Wildman–Crippen MR) is 131 cm³/mol. The van der Waals surface area contributed by atoms with Crippen LogP contribution in [0, 0.1) is 12.8 Å². The molecule has 1 atom stereocenters. The van der Waals surface area contributed by atoms with Crippen LogP contribution in [-0.4, -0.2) is 45.9 Å². The monoisotopic (exact) mass is 456 g/mol. The fourth-order valence-electron chi connectivity index (χ4n) is 4.47. The van der Waals surface area contributed by atoms with Gasteiger partial charge in [-0.1, -0.05) is 35.9 Å². The Morgan fingerprint density at radius 2 is 1.97 bits per heavy atom. The number of aryl methyl sites for hydroxylation is 1. The molecule has 5 rings (SSSR count). The Labute approximate surface area is 198 Å². The largest absolute Gasteiger partial charge is 0.496 e. The maximum absolute atomic E-state index is 13.0. The van der Waals surface area contributed by atoms with Crippen molar-refractivity contribution in [2.75, 3.05) is 25.1 Å². The van der Waals surface area contributed by atoms with E-state index < -0.39 is 0 Å². The number of aromatic nitrogens is 4. The van der Waals surface area contributed by atoms with Crippen LogP contribution < -0.4 is 15.0 Å². The van der Waals surface area contributed by atoms with Gasteiger partial charge < -0.3 is 15.0 Å². The molecule has 0 radical (unpaired) electrons. The first-order chi connectivity index (χ1) is 16.6. The van der Waals surface area contributed by atoms with Gasteiger partial charge in [-0.05, 0) is 38.0 Å². The molecule has 2 aromatic heterocycles. The van der Waals surface area contributed by atoms with E-state index in [9.17, 15) is 4.79 Å². The van der Waals surface area contributed by atoms with Crippen LogP contribution in [0.2, 0.25) is 0 Å². The molecular formula is C26H28N6O2. The maximum Gasteiger partial charge on any atom is 0.225 e. The predicted octanol–water partition coefficient (Wildman–Crippen LogP) is 3.67. The van der Waals surface area contributed by atoms with Gasteiger partial charge >= 0.3 is 0 Å². The molecule has 174 valence electrons. The molecule has 0 spiro atoms. The standard InChI is InChI=1S/C26H28N6O2/c1-18-9-11-21(12-10-18)32-16-22-24(30-32)28-17-29-25(22)31-13-5-7-20(15-31)26(33)27-14-19-6-3-4-8-23(19)34-2/h3-4,6,8-12,16-17,20H,5,7,13-15H2,1-2H3,(H,27,33)/t20-/m1/s1. The lowest BCUT2D eigenvalue weighted by molar-refractivity contribution is -0.125. The van der Waals surface area contributed by atoms with Gasteiger partial charge in [-0.25, -0.2) is 14.6 Å². The number of hydrogen-bond donors (Lipinski definition) is 1. The molecule has 8 nitrogen and oxygen atoms in total. The molecule has 0 aliphatic carbocycles. The van der Waals surface area contributed by atoms with Gasteiger partial charge in [0.25, 0.3) is 0 Å². The van der Waals surface area contributed by atoms with Gasteiger partial charge in [0.2, 0.25) is 5.91 Å². The number of rotatable bonds is 6. The number of para-hydroxylation sites is 1. The van der Waals surface area contributed by atoms with Crippen LogP contribution in [0.1, 0.15) is 24.0 Å². The van der Waals surface area contributed by atoms with Crippen LogP contribution in [0.3, 0.4) is 0 Å². The molecule has 1 aliphatic heterocycles. The third-order valence-electron chi connectivity index (χ3n) is 6.33. The fourth-order valence-corrected chi connectivity index (χ4v) is 4.47. The molecule has 1 saturated heterocycles. The van der Waals surface area contributed by atoms with Gasteiger partial charge in [-0.3, -0.25) is 4.79 Å².